The van der Waals surface area contributed by atoms with Gasteiger partial charge >= 0.3 is 13.8 Å². The first kappa shape index (κ1) is 14.0. The molecule has 0 bridgehead atoms. The lowest BCUT2D eigenvalue weighted by Gasteiger charge is -2.15. The zero-order valence-corrected chi connectivity index (χ0v) is 9.74. The fourth-order valence-electron chi connectivity index (χ4n) is 0.740. The number of carboxylic acid groups (broad SMARTS) is 1. The summed E-state index contributed by atoms with van der Waals surface area (Å²) in [7, 11) is -0.360. The topological polar surface area (TPSA) is 91.3 Å². The summed E-state index contributed by atoms with van der Waals surface area (Å²) in [5.41, 5.74) is 0. The van der Waals surface area contributed by atoms with Gasteiger partial charge in [0.25, 0.3) is 0 Å². The van der Waals surface area contributed by atoms with Gasteiger partial charge in [-0.25, -0.2) is 9.36 Å². The highest BCUT2D eigenvalue weighted by Gasteiger charge is 2.27. The first-order valence-electron chi connectivity index (χ1n) is 3.79. The molecular formula is C7H13O7P. The number of allylic oxidation sites excluding steroid dienone is 1. The third-order valence-electron chi connectivity index (χ3n) is 1.41. The number of rotatable bonds is 6. The number of ether oxygens (including phenoxy) is 1. The maximum absolute atomic E-state index is 11.5. The molecule has 0 heterocycles. The third-order valence-corrected chi connectivity index (χ3v) is 2.81. The molecule has 0 radical (unpaired) electrons. The summed E-state index contributed by atoms with van der Waals surface area (Å²) < 4.78 is 29.6. The van der Waals surface area contributed by atoms with Crippen molar-refractivity contribution in [1.29, 1.82) is 0 Å². The van der Waals surface area contributed by atoms with Gasteiger partial charge in [0.2, 0.25) is 5.76 Å². The molecule has 8 heteroatoms. The molecule has 88 valence electrons. The van der Waals surface area contributed by atoms with Crippen LogP contribution in [0.3, 0.4) is 0 Å². The molecule has 0 aromatic rings. The lowest BCUT2D eigenvalue weighted by atomic mass is 10.4. The van der Waals surface area contributed by atoms with E-state index in [0.29, 0.717) is 0 Å². The summed E-state index contributed by atoms with van der Waals surface area (Å²) in [6, 6.07) is 0. The number of hydrogen-bond donors (Lipinski definition) is 1. The number of phosphoric acid groups is 1. The van der Waals surface area contributed by atoms with Gasteiger partial charge in [-0.05, 0) is 6.92 Å². The molecule has 0 rings (SSSR count). The second-order valence-corrected chi connectivity index (χ2v) is 4.11. The fraction of sp³-hybridized carbons (Fsp3) is 0.571. The van der Waals surface area contributed by atoms with E-state index in [9.17, 15) is 9.36 Å². The predicted molar refractivity (Wildman–Crippen MR) is 50.1 cm³/mol. The predicted octanol–water partition coefficient (Wildman–Crippen LogP) is 1.37. The molecule has 0 aliphatic carbocycles. The van der Waals surface area contributed by atoms with Crippen molar-refractivity contribution in [2.75, 3.05) is 21.3 Å². The molecular weight excluding hydrogens is 227 g/mol. The maximum atomic E-state index is 11.5. The molecule has 7 nitrogen and oxygen atoms in total. The molecule has 0 aliphatic heterocycles. The summed E-state index contributed by atoms with van der Waals surface area (Å²) in [5, 5.41) is 8.65. The summed E-state index contributed by atoms with van der Waals surface area (Å²) in [5.74, 6) is -2.00. The Bertz CT molecular complexity index is 300. The Morgan fingerprint density at radius 1 is 1.20 bits per heavy atom. The largest absolute Gasteiger partial charge is 0.529 e. The molecule has 0 unspecified atom stereocenters. The standard InChI is InChI=1S/C7H13O7P/c1-5(6(11-2)7(8)9)14-15(10,12-3)13-4/h1-4H3,(H,8,9)/b6-5+. The smallest absolute Gasteiger partial charge is 0.488 e. The lowest BCUT2D eigenvalue weighted by molar-refractivity contribution is -0.136. The molecule has 0 atom stereocenters. The van der Waals surface area contributed by atoms with Crippen LogP contribution in [0, 0.1) is 0 Å². The van der Waals surface area contributed by atoms with Crippen LogP contribution in [-0.4, -0.2) is 32.4 Å². The SMILES string of the molecule is CO/C(C(=O)O)=C(\C)OP(=O)(OC)OC. The summed E-state index contributed by atoms with van der Waals surface area (Å²) in [6.07, 6.45) is 0. The van der Waals surface area contributed by atoms with Crippen molar-refractivity contribution in [3.05, 3.63) is 11.5 Å². The van der Waals surface area contributed by atoms with Crippen molar-refractivity contribution in [2.24, 2.45) is 0 Å². The Kier molecular flexibility index (Phi) is 5.35. The summed E-state index contributed by atoms with van der Waals surface area (Å²) in [6.45, 7) is 1.28. The van der Waals surface area contributed by atoms with E-state index >= 15 is 0 Å². The minimum atomic E-state index is -3.75. The highest BCUT2D eigenvalue weighted by atomic mass is 31.2. The van der Waals surface area contributed by atoms with Crippen LogP contribution in [0.2, 0.25) is 0 Å². The van der Waals surface area contributed by atoms with Gasteiger partial charge in [-0.1, -0.05) is 0 Å². The fourth-order valence-corrected chi connectivity index (χ4v) is 1.46. The Hall–Kier alpha value is -1.04. The Morgan fingerprint density at radius 2 is 1.67 bits per heavy atom. The Labute approximate surface area is 87.2 Å². The quantitative estimate of drug-likeness (QED) is 0.425. The molecule has 0 aliphatic rings. The molecule has 0 fully saturated rings. The van der Waals surface area contributed by atoms with Gasteiger partial charge in [0.15, 0.2) is 5.76 Å². The van der Waals surface area contributed by atoms with Crippen LogP contribution >= 0.6 is 7.82 Å². The van der Waals surface area contributed by atoms with Crippen molar-refractivity contribution in [2.45, 2.75) is 6.92 Å². The Balaban J connectivity index is 4.93. The van der Waals surface area contributed by atoms with Crippen molar-refractivity contribution in [3.63, 3.8) is 0 Å². The van der Waals surface area contributed by atoms with Crippen LogP contribution in [-0.2, 0) is 27.7 Å². The van der Waals surface area contributed by atoms with Crippen molar-refractivity contribution in [3.8, 4) is 0 Å². The minimum Gasteiger partial charge on any atom is -0.488 e. The normalized spacial score (nSPS) is 13.1. The molecule has 0 saturated heterocycles. The van der Waals surface area contributed by atoms with Crippen LogP contribution < -0.4 is 0 Å². The van der Waals surface area contributed by atoms with Crippen LogP contribution in [0.4, 0.5) is 0 Å². The second-order valence-electron chi connectivity index (χ2n) is 2.30. The average Bonchev–Trinajstić information content (AvgIpc) is 2.18. The highest BCUT2D eigenvalue weighted by molar-refractivity contribution is 7.48. The third kappa shape index (κ3) is 3.91. The van der Waals surface area contributed by atoms with Gasteiger partial charge in [-0.2, -0.15) is 0 Å². The van der Waals surface area contributed by atoms with Gasteiger partial charge in [0.05, 0.1) is 7.11 Å². The lowest BCUT2D eigenvalue weighted by Crippen LogP contribution is -2.07. The number of carbonyl (C=O) groups is 1. The van der Waals surface area contributed by atoms with E-state index in [-0.39, 0.29) is 5.76 Å². The molecule has 0 aromatic carbocycles. The number of hydrogen-bond acceptors (Lipinski definition) is 6. The van der Waals surface area contributed by atoms with E-state index in [2.05, 4.69) is 13.8 Å². The monoisotopic (exact) mass is 240 g/mol. The number of carboxylic acids is 1. The molecule has 1 N–H and O–H groups in total. The van der Waals surface area contributed by atoms with Gasteiger partial charge in [0, 0.05) is 14.2 Å². The number of methoxy groups -OCH3 is 1. The number of phosphoric ester groups is 1. The molecule has 0 aromatic heterocycles. The zero-order valence-electron chi connectivity index (χ0n) is 8.84. The summed E-state index contributed by atoms with van der Waals surface area (Å²) >= 11 is 0. The first-order valence-corrected chi connectivity index (χ1v) is 5.25. The van der Waals surface area contributed by atoms with Crippen LogP contribution in [0.5, 0.6) is 0 Å². The number of aliphatic carboxylic acids is 1. The van der Waals surface area contributed by atoms with E-state index in [1.165, 1.54) is 6.92 Å². The Morgan fingerprint density at radius 3 is 1.93 bits per heavy atom. The van der Waals surface area contributed by atoms with E-state index < -0.39 is 19.6 Å². The van der Waals surface area contributed by atoms with Gasteiger partial charge < -0.3 is 14.4 Å². The van der Waals surface area contributed by atoms with E-state index in [4.69, 9.17) is 9.63 Å². The summed E-state index contributed by atoms with van der Waals surface area (Å²) in [4.78, 5) is 10.6. The van der Waals surface area contributed by atoms with Gasteiger partial charge in [-0.15, -0.1) is 0 Å². The van der Waals surface area contributed by atoms with Gasteiger partial charge in [-0.3, -0.25) is 9.05 Å². The van der Waals surface area contributed by atoms with Crippen LogP contribution in [0.1, 0.15) is 6.92 Å². The second kappa shape index (κ2) is 5.75. The molecule has 0 saturated carbocycles. The van der Waals surface area contributed by atoms with Crippen molar-refractivity contribution >= 4 is 13.8 Å². The van der Waals surface area contributed by atoms with Crippen LogP contribution in [0.15, 0.2) is 11.5 Å². The maximum Gasteiger partial charge on any atom is 0.529 e. The average molecular weight is 240 g/mol. The highest BCUT2D eigenvalue weighted by Crippen LogP contribution is 2.49. The molecule has 0 amide bonds. The molecule has 0 spiro atoms. The van der Waals surface area contributed by atoms with Gasteiger partial charge in [0.1, 0.15) is 0 Å². The van der Waals surface area contributed by atoms with Crippen LogP contribution in [0.25, 0.3) is 0 Å². The van der Waals surface area contributed by atoms with E-state index in [1.54, 1.807) is 0 Å². The molecule has 15 heavy (non-hydrogen) atoms. The van der Waals surface area contributed by atoms with Crippen molar-refractivity contribution in [1.82, 2.24) is 0 Å². The van der Waals surface area contributed by atoms with E-state index in [1.807, 2.05) is 0 Å². The first-order chi connectivity index (χ1) is 6.90. The van der Waals surface area contributed by atoms with E-state index in [0.717, 1.165) is 21.3 Å². The zero-order chi connectivity index (χ0) is 12.1. The van der Waals surface area contributed by atoms with Crippen molar-refractivity contribution < 1.29 is 32.8 Å². The minimum absolute atomic E-state index is 0.197.